The van der Waals surface area contributed by atoms with Crippen molar-refractivity contribution in [3.05, 3.63) is 44.7 Å². The van der Waals surface area contributed by atoms with Crippen LogP contribution in [0.25, 0.3) is 5.69 Å². The Balaban J connectivity index is 2.66. The van der Waals surface area contributed by atoms with Gasteiger partial charge < -0.3 is 5.11 Å². The van der Waals surface area contributed by atoms with Crippen LogP contribution in [0.3, 0.4) is 0 Å². The molecular formula is C13H15ClN4O3. The Morgan fingerprint density at radius 1 is 1.43 bits per heavy atom. The lowest BCUT2D eigenvalue weighted by Gasteiger charge is -2.20. The zero-order valence-electron chi connectivity index (χ0n) is 11.9. The molecule has 0 fully saturated rings. The second kappa shape index (κ2) is 5.42. The molecule has 7 nitrogen and oxygen atoms in total. The molecule has 0 bridgehead atoms. The predicted octanol–water partition coefficient (Wildman–Crippen LogP) is 2.62. The SMILES string of the molecule is CC(C)(C)c1c(CO)nnn1-c1ccc(Cl)c([N+](=O)[O-])c1. The number of nitro groups is 1. The highest BCUT2D eigenvalue weighted by Crippen LogP contribution is 2.30. The van der Waals surface area contributed by atoms with Crippen LogP contribution in [0.2, 0.25) is 5.02 Å². The molecular weight excluding hydrogens is 296 g/mol. The molecule has 0 aliphatic carbocycles. The zero-order chi connectivity index (χ0) is 15.8. The molecule has 0 spiro atoms. The topological polar surface area (TPSA) is 94.1 Å². The van der Waals surface area contributed by atoms with Crippen LogP contribution in [0, 0.1) is 10.1 Å². The number of aromatic nitrogens is 3. The third-order valence-corrected chi connectivity index (χ3v) is 3.29. The number of benzene rings is 1. The van der Waals surface area contributed by atoms with E-state index in [1.807, 2.05) is 20.8 Å². The van der Waals surface area contributed by atoms with Gasteiger partial charge >= 0.3 is 0 Å². The third kappa shape index (κ3) is 2.88. The number of nitrogens with zero attached hydrogens (tertiary/aromatic N) is 4. The van der Waals surface area contributed by atoms with Gasteiger partial charge in [0.25, 0.3) is 5.69 Å². The summed E-state index contributed by atoms with van der Waals surface area (Å²) in [6, 6.07) is 4.41. The van der Waals surface area contributed by atoms with Crippen LogP contribution >= 0.6 is 11.6 Å². The van der Waals surface area contributed by atoms with Crippen molar-refractivity contribution in [2.75, 3.05) is 0 Å². The molecule has 2 aromatic rings. The first-order chi connectivity index (χ1) is 9.75. The Morgan fingerprint density at radius 3 is 2.62 bits per heavy atom. The summed E-state index contributed by atoms with van der Waals surface area (Å²) in [7, 11) is 0. The Hall–Kier alpha value is -1.99. The van der Waals surface area contributed by atoms with Gasteiger partial charge in [-0.2, -0.15) is 0 Å². The molecule has 8 heteroatoms. The first-order valence-corrected chi connectivity index (χ1v) is 6.63. The van der Waals surface area contributed by atoms with Gasteiger partial charge in [-0.3, -0.25) is 10.1 Å². The summed E-state index contributed by atoms with van der Waals surface area (Å²) >= 11 is 5.81. The average Bonchev–Trinajstić information content (AvgIpc) is 2.82. The second-order valence-corrected chi connectivity index (χ2v) is 6.00. The van der Waals surface area contributed by atoms with E-state index in [1.54, 1.807) is 6.07 Å². The van der Waals surface area contributed by atoms with E-state index in [-0.39, 0.29) is 22.7 Å². The van der Waals surface area contributed by atoms with Crippen molar-refractivity contribution in [3.63, 3.8) is 0 Å². The summed E-state index contributed by atoms with van der Waals surface area (Å²) in [5.74, 6) is 0. The van der Waals surface area contributed by atoms with Gasteiger partial charge in [0.2, 0.25) is 0 Å². The highest BCUT2D eigenvalue weighted by molar-refractivity contribution is 6.32. The number of hydrogen-bond donors (Lipinski definition) is 1. The lowest BCUT2D eigenvalue weighted by atomic mass is 9.90. The molecule has 1 aromatic carbocycles. The van der Waals surface area contributed by atoms with Crippen molar-refractivity contribution in [2.45, 2.75) is 32.8 Å². The smallest absolute Gasteiger partial charge is 0.290 e. The molecule has 1 aromatic heterocycles. The largest absolute Gasteiger partial charge is 0.390 e. The lowest BCUT2D eigenvalue weighted by Crippen LogP contribution is -2.19. The molecule has 0 aliphatic rings. The maximum absolute atomic E-state index is 11.0. The number of nitro benzene ring substituents is 1. The molecule has 21 heavy (non-hydrogen) atoms. The molecule has 0 unspecified atom stereocenters. The Bertz CT molecular complexity index is 691. The first-order valence-electron chi connectivity index (χ1n) is 6.26. The number of aliphatic hydroxyl groups excluding tert-OH is 1. The van der Waals surface area contributed by atoms with E-state index in [0.29, 0.717) is 17.1 Å². The van der Waals surface area contributed by atoms with E-state index in [2.05, 4.69) is 10.3 Å². The summed E-state index contributed by atoms with van der Waals surface area (Å²) in [6.45, 7) is 5.60. The molecule has 0 amide bonds. The minimum absolute atomic E-state index is 0.0588. The quantitative estimate of drug-likeness (QED) is 0.694. The summed E-state index contributed by atoms with van der Waals surface area (Å²) in [5, 5.41) is 28.4. The normalized spacial score (nSPS) is 11.7. The summed E-state index contributed by atoms with van der Waals surface area (Å²) < 4.78 is 1.49. The number of aliphatic hydroxyl groups is 1. The van der Waals surface area contributed by atoms with Crippen LogP contribution in [-0.4, -0.2) is 25.0 Å². The van der Waals surface area contributed by atoms with Gasteiger partial charge in [-0.05, 0) is 12.1 Å². The monoisotopic (exact) mass is 310 g/mol. The molecule has 0 radical (unpaired) electrons. The van der Waals surface area contributed by atoms with Gasteiger partial charge in [0, 0.05) is 11.5 Å². The van der Waals surface area contributed by atoms with Gasteiger partial charge in [-0.25, -0.2) is 4.68 Å². The van der Waals surface area contributed by atoms with Gasteiger partial charge in [-0.1, -0.05) is 37.6 Å². The lowest BCUT2D eigenvalue weighted by molar-refractivity contribution is -0.384. The molecule has 0 atom stereocenters. The van der Waals surface area contributed by atoms with Crippen molar-refractivity contribution >= 4 is 17.3 Å². The highest BCUT2D eigenvalue weighted by atomic mass is 35.5. The fourth-order valence-electron chi connectivity index (χ4n) is 2.12. The maximum Gasteiger partial charge on any atom is 0.290 e. The molecule has 1 heterocycles. The van der Waals surface area contributed by atoms with Crippen molar-refractivity contribution in [2.24, 2.45) is 0 Å². The Labute approximate surface area is 126 Å². The molecule has 0 saturated heterocycles. The number of rotatable bonds is 3. The van der Waals surface area contributed by atoms with E-state index in [1.165, 1.54) is 16.8 Å². The van der Waals surface area contributed by atoms with Crippen molar-refractivity contribution in [3.8, 4) is 5.69 Å². The fraction of sp³-hybridized carbons (Fsp3) is 0.385. The molecule has 1 N–H and O–H groups in total. The van der Waals surface area contributed by atoms with Crippen LogP contribution in [-0.2, 0) is 12.0 Å². The Morgan fingerprint density at radius 2 is 2.10 bits per heavy atom. The number of hydrogen-bond acceptors (Lipinski definition) is 5. The predicted molar refractivity (Wildman–Crippen MR) is 77.6 cm³/mol. The van der Waals surface area contributed by atoms with Crippen molar-refractivity contribution < 1.29 is 10.0 Å². The summed E-state index contributed by atoms with van der Waals surface area (Å²) in [6.07, 6.45) is 0. The van der Waals surface area contributed by atoms with Crippen LogP contribution in [0.1, 0.15) is 32.2 Å². The van der Waals surface area contributed by atoms with Gasteiger partial charge in [0.15, 0.2) is 0 Å². The maximum atomic E-state index is 11.0. The third-order valence-electron chi connectivity index (χ3n) is 2.97. The van der Waals surface area contributed by atoms with Crippen LogP contribution in [0.5, 0.6) is 0 Å². The van der Waals surface area contributed by atoms with Crippen LogP contribution in [0.15, 0.2) is 18.2 Å². The standard InChI is InChI=1S/C13H15ClN4O3/c1-13(2,3)12-10(7-19)15-16-17(12)8-4-5-9(14)11(6-8)18(20)21/h4-6,19H,7H2,1-3H3. The molecule has 0 aliphatic heterocycles. The average molecular weight is 311 g/mol. The van der Waals surface area contributed by atoms with Gasteiger partial charge in [0.1, 0.15) is 10.7 Å². The molecule has 112 valence electrons. The minimum Gasteiger partial charge on any atom is -0.390 e. The van der Waals surface area contributed by atoms with Crippen molar-refractivity contribution in [1.29, 1.82) is 0 Å². The summed E-state index contributed by atoms with van der Waals surface area (Å²) in [5.41, 5.74) is 1.08. The summed E-state index contributed by atoms with van der Waals surface area (Å²) in [4.78, 5) is 10.4. The van der Waals surface area contributed by atoms with Crippen molar-refractivity contribution in [1.82, 2.24) is 15.0 Å². The van der Waals surface area contributed by atoms with E-state index in [4.69, 9.17) is 11.6 Å². The van der Waals surface area contributed by atoms with E-state index in [0.717, 1.165) is 0 Å². The Kier molecular flexibility index (Phi) is 3.97. The minimum atomic E-state index is -0.549. The van der Waals surface area contributed by atoms with Gasteiger partial charge in [0.05, 0.1) is 22.9 Å². The van der Waals surface area contributed by atoms with Gasteiger partial charge in [-0.15, -0.1) is 5.10 Å². The fourth-order valence-corrected chi connectivity index (χ4v) is 2.31. The van der Waals surface area contributed by atoms with Crippen LogP contribution in [0.4, 0.5) is 5.69 Å². The number of halogens is 1. The van der Waals surface area contributed by atoms with E-state index in [9.17, 15) is 15.2 Å². The molecule has 2 rings (SSSR count). The zero-order valence-corrected chi connectivity index (χ0v) is 12.6. The highest BCUT2D eigenvalue weighted by Gasteiger charge is 2.26. The molecule has 0 saturated carbocycles. The van der Waals surface area contributed by atoms with E-state index >= 15 is 0 Å². The van der Waals surface area contributed by atoms with E-state index < -0.39 is 4.92 Å². The first kappa shape index (κ1) is 15.4. The second-order valence-electron chi connectivity index (χ2n) is 5.60. The van der Waals surface area contributed by atoms with Crippen LogP contribution < -0.4 is 0 Å².